The van der Waals surface area contributed by atoms with Gasteiger partial charge in [-0.05, 0) is 0 Å². The summed E-state index contributed by atoms with van der Waals surface area (Å²) < 4.78 is 10.4. The van der Waals surface area contributed by atoms with E-state index in [9.17, 15) is 9.59 Å². The van der Waals surface area contributed by atoms with Gasteiger partial charge in [0.1, 0.15) is 0 Å². The predicted molar refractivity (Wildman–Crippen MR) is 50.7 cm³/mol. The number of aliphatic carboxylic acids is 1. The predicted octanol–water partition coefficient (Wildman–Crippen LogP) is -1.28. The van der Waals surface area contributed by atoms with Crippen molar-refractivity contribution in [2.24, 2.45) is 0 Å². The van der Waals surface area contributed by atoms with E-state index in [0.29, 0.717) is 19.8 Å². The van der Waals surface area contributed by atoms with Crippen LogP contribution in [0.3, 0.4) is 0 Å². The minimum Gasteiger partial charge on any atom is -0.479 e. The highest BCUT2D eigenvalue weighted by atomic mass is 16.7. The molecule has 1 saturated heterocycles. The molecule has 1 atom stereocenters. The fraction of sp³-hybridized carbons (Fsp3) is 0.750. The lowest BCUT2D eigenvalue weighted by Crippen LogP contribution is -2.44. The van der Waals surface area contributed by atoms with Crippen molar-refractivity contribution in [2.75, 3.05) is 33.0 Å². The molecular weight excluding hydrogens is 220 g/mol. The van der Waals surface area contributed by atoms with Gasteiger partial charge in [0.15, 0.2) is 6.61 Å². The molecule has 1 heterocycles. The second-order valence-corrected chi connectivity index (χ2v) is 3.06. The first-order chi connectivity index (χ1) is 7.68. The smallest absolute Gasteiger partial charge is 0.338 e. The van der Waals surface area contributed by atoms with Crippen molar-refractivity contribution >= 4 is 12.0 Å². The molecule has 0 radical (unpaired) electrons. The van der Waals surface area contributed by atoms with E-state index in [0.717, 1.165) is 0 Å². The van der Waals surface area contributed by atoms with Gasteiger partial charge in [0.25, 0.3) is 0 Å². The summed E-state index contributed by atoms with van der Waals surface area (Å²) >= 11 is 0. The molecule has 8 nitrogen and oxygen atoms in total. The molecule has 8 heteroatoms. The van der Waals surface area contributed by atoms with Gasteiger partial charge in [0.05, 0.1) is 25.9 Å². The highest BCUT2D eigenvalue weighted by Crippen LogP contribution is 1.98. The molecule has 1 rings (SSSR count). The summed E-state index contributed by atoms with van der Waals surface area (Å²) in [6.07, 6.45) is -0.182. The summed E-state index contributed by atoms with van der Waals surface area (Å²) in [5.41, 5.74) is 1.93. The third-order valence-corrected chi connectivity index (χ3v) is 1.74. The largest absolute Gasteiger partial charge is 0.479 e. The Morgan fingerprint density at radius 1 is 1.44 bits per heavy atom. The van der Waals surface area contributed by atoms with Gasteiger partial charge in [-0.2, -0.15) is 0 Å². The Kier molecular flexibility index (Phi) is 5.54. The Bertz CT molecular complexity index is 241. The van der Waals surface area contributed by atoms with Gasteiger partial charge in [0, 0.05) is 6.54 Å². The quantitative estimate of drug-likeness (QED) is 0.511. The van der Waals surface area contributed by atoms with E-state index in [1.807, 2.05) is 5.48 Å². The molecule has 2 amide bonds. The molecule has 0 spiro atoms. The Morgan fingerprint density at radius 3 is 2.88 bits per heavy atom. The van der Waals surface area contributed by atoms with Crippen molar-refractivity contribution in [2.45, 2.75) is 6.10 Å². The number of rotatable bonds is 5. The number of hydrogen-bond donors (Lipinski definition) is 3. The normalized spacial score (nSPS) is 20.1. The standard InChI is InChI=1S/C8H14N2O6/c11-7(12)5-16-10-8(13)9-3-6-4-14-1-2-15-6/h6H,1-5H2,(H,11,12)(H2,9,10,13). The lowest BCUT2D eigenvalue weighted by atomic mass is 10.3. The zero-order valence-electron chi connectivity index (χ0n) is 8.60. The van der Waals surface area contributed by atoms with Crippen molar-refractivity contribution < 1.29 is 29.0 Å². The van der Waals surface area contributed by atoms with Crippen LogP contribution in [0.5, 0.6) is 0 Å². The summed E-state index contributed by atoms with van der Waals surface area (Å²) in [4.78, 5) is 25.4. The summed E-state index contributed by atoms with van der Waals surface area (Å²) in [6.45, 7) is 1.18. The third kappa shape index (κ3) is 5.49. The van der Waals surface area contributed by atoms with Gasteiger partial charge in [0.2, 0.25) is 0 Å². The molecule has 1 unspecified atom stereocenters. The first kappa shape index (κ1) is 12.7. The van der Waals surface area contributed by atoms with E-state index in [1.54, 1.807) is 0 Å². The van der Waals surface area contributed by atoms with Gasteiger partial charge in [-0.3, -0.25) is 4.84 Å². The monoisotopic (exact) mass is 234 g/mol. The number of ether oxygens (including phenoxy) is 2. The maximum Gasteiger partial charge on any atom is 0.338 e. The van der Waals surface area contributed by atoms with Gasteiger partial charge < -0.3 is 19.9 Å². The van der Waals surface area contributed by atoms with Crippen molar-refractivity contribution in [3.05, 3.63) is 0 Å². The lowest BCUT2D eigenvalue weighted by Gasteiger charge is -2.22. The van der Waals surface area contributed by atoms with Crippen LogP contribution in [-0.2, 0) is 19.1 Å². The van der Waals surface area contributed by atoms with Gasteiger partial charge >= 0.3 is 12.0 Å². The number of urea groups is 1. The van der Waals surface area contributed by atoms with Crippen molar-refractivity contribution in [1.29, 1.82) is 0 Å². The van der Waals surface area contributed by atoms with Crippen molar-refractivity contribution in [3.63, 3.8) is 0 Å². The molecule has 1 fully saturated rings. The van der Waals surface area contributed by atoms with Crippen molar-refractivity contribution in [1.82, 2.24) is 10.8 Å². The number of carboxylic acid groups (broad SMARTS) is 1. The third-order valence-electron chi connectivity index (χ3n) is 1.74. The summed E-state index contributed by atoms with van der Waals surface area (Å²) in [7, 11) is 0. The Balaban J connectivity index is 2.02. The van der Waals surface area contributed by atoms with Crippen molar-refractivity contribution in [3.8, 4) is 0 Å². The SMILES string of the molecule is O=C(O)CONC(=O)NCC1COCCO1. The highest BCUT2D eigenvalue weighted by molar-refractivity contribution is 5.73. The highest BCUT2D eigenvalue weighted by Gasteiger charge is 2.15. The van der Waals surface area contributed by atoms with Crippen LogP contribution in [0.25, 0.3) is 0 Å². The van der Waals surface area contributed by atoms with E-state index in [2.05, 4.69) is 10.2 Å². The Labute approximate surface area is 91.8 Å². The van der Waals surface area contributed by atoms with Crippen LogP contribution in [0.15, 0.2) is 0 Å². The molecule has 92 valence electrons. The topological polar surface area (TPSA) is 106 Å². The number of carbonyl (C=O) groups is 2. The first-order valence-electron chi connectivity index (χ1n) is 4.75. The molecular formula is C8H14N2O6. The second-order valence-electron chi connectivity index (χ2n) is 3.06. The van der Waals surface area contributed by atoms with Crippen LogP contribution in [0.1, 0.15) is 0 Å². The van der Waals surface area contributed by atoms with E-state index in [-0.39, 0.29) is 12.6 Å². The van der Waals surface area contributed by atoms with Crippen LogP contribution in [-0.4, -0.2) is 56.2 Å². The van der Waals surface area contributed by atoms with Gasteiger partial charge in [-0.1, -0.05) is 0 Å². The van der Waals surface area contributed by atoms with Gasteiger partial charge in [-0.25, -0.2) is 15.1 Å². The van der Waals surface area contributed by atoms with Crippen LogP contribution in [0.4, 0.5) is 4.79 Å². The average Bonchev–Trinajstić information content (AvgIpc) is 2.27. The maximum atomic E-state index is 11.0. The zero-order valence-corrected chi connectivity index (χ0v) is 8.60. The van der Waals surface area contributed by atoms with E-state index < -0.39 is 18.6 Å². The second kappa shape index (κ2) is 6.99. The summed E-state index contributed by atoms with van der Waals surface area (Å²) in [6, 6.07) is -0.615. The molecule has 1 aliphatic rings. The molecule has 0 aromatic heterocycles. The number of hydroxylamine groups is 1. The molecule has 1 aliphatic heterocycles. The minimum atomic E-state index is -1.16. The molecule has 3 N–H and O–H groups in total. The minimum absolute atomic E-state index is 0.182. The van der Waals surface area contributed by atoms with Crippen LogP contribution in [0, 0.1) is 0 Å². The van der Waals surface area contributed by atoms with E-state index in [1.165, 1.54) is 0 Å². The number of carbonyl (C=O) groups excluding carboxylic acids is 1. The summed E-state index contributed by atoms with van der Waals surface area (Å²) in [5, 5.41) is 10.7. The number of nitrogens with one attached hydrogen (secondary N) is 2. The molecule has 0 aliphatic carbocycles. The van der Waals surface area contributed by atoms with Crippen LogP contribution in [0.2, 0.25) is 0 Å². The molecule has 0 aromatic rings. The molecule has 16 heavy (non-hydrogen) atoms. The Hall–Kier alpha value is -1.38. The molecule has 0 saturated carbocycles. The first-order valence-corrected chi connectivity index (χ1v) is 4.75. The molecule has 0 bridgehead atoms. The van der Waals surface area contributed by atoms with Gasteiger partial charge in [-0.15, -0.1) is 0 Å². The number of amides is 2. The Morgan fingerprint density at radius 2 is 2.25 bits per heavy atom. The van der Waals surface area contributed by atoms with Crippen LogP contribution < -0.4 is 10.8 Å². The molecule has 0 aromatic carbocycles. The number of hydrogen-bond acceptors (Lipinski definition) is 5. The fourth-order valence-electron chi connectivity index (χ4n) is 1.06. The fourth-order valence-corrected chi connectivity index (χ4v) is 1.06. The number of carboxylic acids is 1. The van der Waals surface area contributed by atoms with E-state index in [4.69, 9.17) is 14.6 Å². The zero-order chi connectivity index (χ0) is 11.8. The van der Waals surface area contributed by atoms with E-state index >= 15 is 0 Å². The van der Waals surface area contributed by atoms with Crippen LogP contribution >= 0.6 is 0 Å². The average molecular weight is 234 g/mol. The summed E-state index contributed by atoms with van der Waals surface area (Å²) in [5.74, 6) is -1.16. The lowest BCUT2D eigenvalue weighted by molar-refractivity contribution is -0.144. The maximum absolute atomic E-state index is 11.0.